The van der Waals surface area contributed by atoms with Gasteiger partial charge in [0.05, 0.1) is 6.10 Å². The molecule has 1 saturated carbocycles. The fourth-order valence-electron chi connectivity index (χ4n) is 3.19. The molecule has 0 aromatic carbocycles. The van der Waals surface area contributed by atoms with Gasteiger partial charge in [-0.2, -0.15) is 0 Å². The van der Waals surface area contributed by atoms with Gasteiger partial charge in [-0.25, -0.2) is 0 Å². The Balaban J connectivity index is 2.31. The van der Waals surface area contributed by atoms with Gasteiger partial charge >= 0.3 is 0 Å². The lowest BCUT2D eigenvalue weighted by Crippen LogP contribution is -2.79. The average Bonchev–Trinajstić information content (AvgIpc) is 2.62. The Kier molecular flexibility index (Phi) is 2.14. The van der Waals surface area contributed by atoms with Crippen LogP contribution in [0.1, 0.15) is 20.3 Å². The van der Waals surface area contributed by atoms with Crippen molar-refractivity contribution in [3.8, 4) is 0 Å². The number of rotatable bonds is 1. The van der Waals surface area contributed by atoms with E-state index in [0.29, 0.717) is 0 Å². The van der Waals surface area contributed by atoms with Gasteiger partial charge in [-0.1, -0.05) is 13.8 Å². The van der Waals surface area contributed by atoms with Crippen molar-refractivity contribution in [1.82, 2.24) is 4.90 Å². The highest BCUT2D eigenvalue weighted by atomic mass is 16.5. The Morgan fingerprint density at radius 3 is 2.60 bits per heavy atom. The van der Waals surface area contributed by atoms with Crippen LogP contribution in [0.25, 0.3) is 0 Å². The molecule has 0 spiro atoms. The van der Waals surface area contributed by atoms with Crippen LogP contribution in [0.2, 0.25) is 0 Å². The van der Waals surface area contributed by atoms with E-state index < -0.39 is 5.54 Å². The first kappa shape index (κ1) is 10.9. The van der Waals surface area contributed by atoms with Gasteiger partial charge in [0.25, 0.3) is 0 Å². The van der Waals surface area contributed by atoms with Crippen molar-refractivity contribution in [2.75, 3.05) is 20.7 Å². The highest BCUT2D eigenvalue weighted by Gasteiger charge is 2.71. The molecule has 2 rings (SSSR count). The van der Waals surface area contributed by atoms with Crippen LogP contribution in [-0.4, -0.2) is 43.2 Å². The number of nitrogens with two attached hydrogens (primary N) is 1. The van der Waals surface area contributed by atoms with Crippen LogP contribution in [0.15, 0.2) is 0 Å². The number of ether oxygens (including phenoxy) is 1. The summed E-state index contributed by atoms with van der Waals surface area (Å²) in [6.45, 7) is 4.79. The first-order chi connectivity index (χ1) is 6.83. The van der Waals surface area contributed by atoms with E-state index in [1.165, 1.54) is 0 Å². The number of hydrogen-bond donors (Lipinski definition) is 1. The van der Waals surface area contributed by atoms with E-state index in [1.54, 1.807) is 19.0 Å². The first-order valence-electron chi connectivity index (χ1n) is 5.45. The molecule has 1 heterocycles. The zero-order chi connectivity index (χ0) is 11.4. The molecule has 1 amide bonds. The highest BCUT2D eigenvalue weighted by molar-refractivity contribution is 5.89. The Labute approximate surface area is 90.8 Å². The van der Waals surface area contributed by atoms with Gasteiger partial charge in [-0.15, -0.1) is 0 Å². The normalized spacial score (nSPS) is 41.9. The monoisotopic (exact) mass is 212 g/mol. The van der Waals surface area contributed by atoms with Crippen LogP contribution >= 0.6 is 0 Å². The fourth-order valence-corrected chi connectivity index (χ4v) is 3.19. The maximum Gasteiger partial charge on any atom is 0.243 e. The number of carbonyl (C=O) groups is 1. The predicted octanol–water partition coefficient (Wildman–Crippen LogP) is 0.217. The van der Waals surface area contributed by atoms with Gasteiger partial charge in [0, 0.05) is 32.0 Å². The predicted molar refractivity (Wildman–Crippen MR) is 57.2 cm³/mol. The number of carbonyl (C=O) groups excluding carboxylic acids is 1. The van der Waals surface area contributed by atoms with E-state index in [0.717, 1.165) is 13.0 Å². The first-order valence-corrected chi connectivity index (χ1v) is 5.45. The molecule has 0 radical (unpaired) electrons. The number of amides is 1. The Hall–Kier alpha value is -0.610. The summed E-state index contributed by atoms with van der Waals surface area (Å²) in [5, 5.41) is 0. The Morgan fingerprint density at radius 1 is 1.47 bits per heavy atom. The van der Waals surface area contributed by atoms with Crippen LogP contribution in [0.3, 0.4) is 0 Å². The van der Waals surface area contributed by atoms with Crippen LogP contribution in [-0.2, 0) is 9.53 Å². The zero-order valence-electron chi connectivity index (χ0n) is 9.91. The molecule has 86 valence electrons. The molecule has 0 aromatic heterocycles. The van der Waals surface area contributed by atoms with Gasteiger partial charge in [0.1, 0.15) is 5.54 Å². The minimum Gasteiger partial charge on any atom is -0.377 e. The second-order valence-electron chi connectivity index (χ2n) is 5.48. The van der Waals surface area contributed by atoms with E-state index in [1.807, 2.05) is 13.8 Å². The molecule has 2 aliphatic rings. The third-order valence-corrected chi connectivity index (χ3v) is 4.21. The SMILES string of the molecule is CN(C)C(=O)C1(N)C2CCOC2C1(C)C. The molecule has 3 unspecified atom stereocenters. The van der Waals surface area contributed by atoms with Crippen molar-refractivity contribution in [2.45, 2.75) is 31.9 Å². The molecule has 0 bridgehead atoms. The molecule has 2 N–H and O–H groups in total. The largest absolute Gasteiger partial charge is 0.377 e. The molecule has 1 aliphatic carbocycles. The number of likely N-dealkylation sites (N-methyl/N-ethyl adjacent to an activating group) is 1. The summed E-state index contributed by atoms with van der Waals surface area (Å²) in [5.74, 6) is 0.224. The van der Waals surface area contributed by atoms with Crippen molar-refractivity contribution < 1.29 is 9.53 Å². The van der Waals surface area contributed by atoms with E-state index in [4.69, 9.17) is 10.5 Å². The summed E-state index contributed by atoms with van der Waals surface area (Å²) in [4.78, 5) is 13.7. The lowest BCUT2D eigenvalue weighted by molar-refractivity contribution is -0.182. The third kappa shape index (κ3) is 1.06. The molecular formula is C11H20N2O2. The fraction of sp³-hybridized carbons (Fsp3) is 0.909. The molecule has 15 heavy (non-hydrogen) atoms. The topological polar surface area (TPSA) is 55.6 Å². The smallest absolute Gasteiger partial charge is 0.243 e. The van der Waals surface area contributed by atoms with Gasteiger partial charge in [0.15, 0.2) is 0 Å². The Bertz CT molecular complexity index is 301. The molecule has 1 saturated heterocycles. The van der Waals surface area contributed by atoms with Crippen LogP contribution in [0.5, 0.6) is 0 Å². The lowest BCUT2D eigenvalue weighted by Gasteiger charge is -2.61. The van der Waals surface area contributed by atoms with E-state index in [-0.39, 0.29) is 23.3 Å². The van der Waals surface area contributed by atoms with Crippen molar-refractivity contribution in [2.24, 2.45) is 17.1 Å². The molecule has 0 aromatic rings. The van der Waals surface area contributed by atoms with Crippen LogP contribution < -0.4 is 5.73 Å². The molecular weight excluding hydrogens is 192 g/mol. The maximum atomic E-state index is 12.2. The summed E-state index contributed by atoms with van der Waals surface area (Å²) in [5.41, 5.74) is 5.35. The summed E-state index contributed by atoms with van der Waals surface area (Å²) >= 11 is 0. The third-order valence-electron chi connectivity index (χ3n) is 4.21. The van der Waals surface area contributed by atoms with Crippen molar-refractivity contribution in [3.05, 3.63) is 0 Å². The highest BCUT2D eigenvalue weighted by Crippen LogP contribution is 2.58. The van der Waals surface area contributed by atoms with Gasteiger partial charge in [-0.05, 0) is 6.42 Å². The zero-order valence-corrected chi connectivity index (χ0v) is 9.91. The van der Waals surface area contributed by atoms with Crippen molar-refractivity contribution >= 4 is 5.91 Å². The summed E-state index contributed by atoms with van der Waals surface area (Å²) in [6.07, 6.45) is 1.07. The number of nitrogens with zero attached hydrogens (tertiary/aromatic N) is 1. The maximum absolute atomic E-state index is 12.2. The standard InChI is InChI=1S/C11H20N2O2/c1-10(2)8-7(5-6-15-8)11(10,12)9(14)13(3)4/h7-8H,5-6,12H2,1-4H3. The number of fused-ring (bicyclic) bond motifs is 1. The summed E-state index contributed by atoms with van der Waals surface area (Å²) < 4.78 is 5.64. The van der Waals surface area contributed by atoms with Gasteiger partial charge in [0.2, 0.25) is 5.91 Å². The van der Waals surface area contributed by atoms with Crippen molar-refractivity contribution in [1.29, 1.82) is 0 Å². The van der Waals surface area contributed by atoms with E-state index in [9.17, 15) is 4.79 Å². The second-order valence-corrected chi connectivity index (χ2v) is 5.48. The minimum atomic E-state index is -0.738. The lowest BCUT2D eigenvalue weighted by atomic mass is 9.48. The van der Waals surface area contributed by atoms with Gasteiger partial charge < -0.3 is 15.4 Å². The number of hydrogen-bond acceptors (Lipinski definition) is 3. The molecule has 2 fully saturated rings. The Morgan fingerprint density at radius 2 is 2.07 bits per heavy atom. The molecule has 4 nitrogen and oxygen atoms in total. The van der Waals surface area contributed by atoms with Crippen LogP contribution in [0.4, 0.5) is 0 Å². The quantitative estimate of drug-likeness (QED) is 0.676. The average molecular weight is 212 g/mol. The molecule has 3 atom stereocenters. The molecule has 4 heteroatoms. The second kappa shape index (κ2) is 2.95. The summed E-state index contributed by atoms with van der Waals surface area (Å²) in [6, 6.07) is 0. The van der Waals surface area contributed by atoms with Gasteiger partial charge in [-0.3, -0.25) is 4.79 Å². The van der Waals surface area contributed by atoms with Crippen LogP contribution in [0, 0.1) is 11.3 Å². The van der Waals surface area contributed by atoms with E-state index >= 15 is 0 Å². The minimum absolute atomic E-state index is 0.0271. The summed E-state index contributed by atoms with van der Waals surface area (Å²) in [7, 11) is 3.52. The molecule has 1 aliphatic heterocycles. The van der Waals surface area contributed by atoms with E-state index in [2.05, 4.69) is 0 Å². The van der Waals surface area contributed by atoms with Crippen molar-refractivity contribution in [3.63, 3.8) is 0 Å².